The third kappa shape index (κ3) is 4.96. The summed E-state index contributed by atoms with van der Waals surface area (Å²) in [6, 6.07) is 6.19. The van der Waals surface area contributed by atoms with Crippen molar-refractivity contribution in [2.75, 3.05) is 0 Å². The molecule has 0 heterocycles. The molecular formula is C38H52O6. The minimum Gasteiger partial charge on any atom is -0.508 e. The maximum Gasteiger partial charge on any atom is 0.338 e. The zero-order valence-electron chi connectivity index (χ0n) is 27.7. The van der Waals surface area contributed by atoms with Gasteiger partial charge in [0, 0.05) is 16.7 Å². The van der Waals surface area contributed by atoms with Crippen LogP contribution < -0.4 is 0 Å². The van der Waals surface area contributed by atoms with Crippen molar-refractivity contribution >= 4 is 11.9 Å². The van der Waals surface area contributed by atoms with E-state index in [1.165, 1.54) is 23.3 Å². The number of ether oxygens (including phenoxy) is 1. The molecule has 6 nitrogen and oxygen atoms in total. The minimum absolute atomic E-state index is 0.113. The van der Waals surface area contributed by atoms with E-state index in [-0.39, 0.29) is 51.3 Å². The van der Waals surface area contributed by atoms with Gasteiger partial charge >= 0.3 is 11.9 Å². The maximum absolute atomic E-state index is 13.1. The molecule has 0 amide bonds. The zero-order chi connectivity index (χ0) is 32.4. The van der Waals surface area contributed by atoms with Gasteiger partial charge in [-0.3, -0.25) is 4.79 Å². The van der Waals surface area contributed by atoms with Crippen LogP contribution in [0.5, 0.6) is 5.75 Å². The van der Waals surface area contributed by atoms with E-state index in [1.54, 1.807) is 12.1 Å². The second-order valence-corrected chi connectivity index (χ2v) is 15.8. The van der Waals surface area contributed by atoms with Gasteiger partial charge in [-0.25, -0.2) is 4.79 Å². The lowest BCUT2D eigenvalue weighted by atomic mass is 9.44. The number of aliphatic carboxylic acids is 1. The number of phenolic OH excluding ortho intramolecular Hbond substituents is 1. The topological polar surface area (TPSA) is 104 Å². The maximum atomic E-state index is 13.1. The Labute approximate surface area is 263 Å². The number of carboxylic acid groups (broad SMARTS) is 1. The van der Waals surface area contributed by atoms with Crippen LogP contribution in [0.1, 0.15) is 104 Å². The number of aliphatic hydroxyl groups is 1. The monoisotopic (exact) mass is 604 g/mol. The first-order chi connectivity index (χ1) is 20.5. The fourth-order valence-electron chi connectivity index (χ4n) is 9.90. The number of benzene rings is 1. The van der Waals surface area contributed by atoms with E-state index in [2.05, 4.69) is 67.2 Å². The Hall–Kier alpha value is -2.86. The van der Waals surface area contributed by atoms with Gasteiger partial charge in [0.15, 0.2) is 0 Å². The molecule has 2 saturated carbocycles. The Morgan fingerprint density at radius 2 is 1.70 bits per heavy atom. The zero-order valence-corrected chi connectivity index (χ0v) is 27.7. The molecule has 0 aromatic heterocycles. The SMILES string of the molecule is C=C(CCC(C(=O)O)C1C(O)CC2(C)C3=CCC4C(C)(C)[C@@H](OC(=O)c5ccc(O)cc5)CC[C@]4(C)C3=CC[C@]12C)C(C)C. The minimum atomic E-state index is -0.822. The number of esters is 1. The van der Waals surface area contributed by atoms with Crippen molar-refractivity contribution < 1.29 is 29.6 Å². The Morgan fingerprint density at radius 1 is 1.05 bits per heavy atom. The number of rotatable bonds is 8. The van der Waals surface area contributed by atoms with Gasteiger partial charge in [-0.05, 0) is 103 Å². The van der Waals surface area contributed by atoms with Crippen LogP contribution in [-0.2, 0) is 9.53 Å². The van der Waals surface area contributed by atoms with E-state index in [0.29, 0.717) is 30.7 Å². The van der Waals surface area contributed by atoms with Crippen molar-refractivity contribution in [2.45, 2.75) is 106 Å². The molecule has 4 aliphatic carbocycles. The average Bonchev–Trinajstić information content (AvgIpc) is 3.15. The van der Waals surface area contributed by atoms with Crippen molar-refractivity contribution in [2.24, 2.45) is 45.3 Å². The molecule has 5 unspecified atom stereocenters. The molecule has 6 heteroatoms. The summed E-state index contributed by atoms with van der Waals surface area (Å²) in [6.07, 6.45) is 8.71. The highest BCUT2D eigenvalue weighted by Gasteiger charge is 2.66. The Bertz CT molecular complexity index is 1380. The van der Waals surface area contributed by atoms with Crippen LogP contribution in [0.4, 0.5) is 0 Å². The lowest BCUT2D eigenvalue weighted by molar-refractivity contribution is -0.148. The number of hydrogen-bond acceptors (Lipinski definition) is 5. The predicted molar refractivity (Wildman–Crippen MR) is 172 cm³/mol. The highest BCUT2D eigenvalue weighted by atomic mass is 16.5. The summed E-state index contributed by atoms with van der Waals surface area (Å²) in [6.45, 7) is 19.6. The summed E-state index contributed by atoms with van der Waals surface area (Å²) < 4.78 is 6.14. The van der Waals surface area contributed by atoms with Crippen LogP contribution in [0.2, 0.25) is 0 Å². The van der Waals surface area contributed by atoms with Gasteiger partial charge in [-0.2, -0.15) is 0 Å². The Balaban J connectivity index is 1.43. The highest BCUT2D eigenvalue weighted by Crippen LogP contribution is 2.72. The van der Waals surface area contributed by atoms with Crippen molar-refractivity contribution in [3.8, 4) is 5.75 Å². The van der Waals surface area contributed by atoms with E-state index in [0.717, 1.165) is 31.3 Å². The molecule has 5 rings (SSSR count). The van der Waals surface area contributed by atoms with Crippen LogP contribution in [0.15, 0.2) is 59.7 Å². The predicted octanol–water partition coefficient (Wildman–Crippen LogP) is 8.11. The van der Waals surface area contributed by atoms with Gasteiger partial charge in [0.25, 0.3) is 0 Å². The molecular weight excluding hydrogens is 552 g/mol. The molecule has 0 aliphatic heterocycles. The summed E-state index contributed by atoms with van der Waals surface area (Å²) in [5, 5.41) is 31.7. The highest BCUT2D eigenvalue weighted by molar-refractivity contribution is 5.89. The molecule has 1 aromatic rings. The van der Waals surface area contributed by atoms with Crippen LogP contribution in [0.25, 0.3) is 0 Å². The quantitative estimate of drug-likeness (QED) is 0.205. The lowest BCUT2D eigenvalue weighted by Crippen LogP contribution is -2.55. The third-order valence-corrected chi connectivity index (χ3v) is 12.9. The third-order valence-electron chi connectivity index (χ3n) is 12.9. The molecule has 8 atom stereocenters. The summed E-state index contributed by atoms with van der Waals surface area (Å²) >= 11 is 0. The first-order valence-electron chi connectivity index (χ1n) is 16.5. The van der Waals surface area contributed by atoms with Gasteiger partial charge in [0.2, 0.25) is 0 Å². The van der Waals surface area contributed by atoms with Gasteiger partial charge in [0.05, 0.1) is 17.6 Å². The number of aliphatic hydroxyl groups excluding tert-OH is 1. The largest absolute Gasteiger partial charge is 0.508 e. The number of aromatic hydroxyl groups is 1. The van der Waals surface area contributed by atoms with Crippen LogP contribution in [-0.4, -0.2) is 39.5 Å². The number of phenols is 1. The molecule has 4 aliphatic rings. The van der Waals surface area contributed by atoms with Crippen molar-refractivity contribution in [1.82, 2.24) is 0 Å². The smallest absolute Gasteiger partial charge is 0.338 e. The normalized spacial score (nSPS) is 36.3. The molecule has 0 saturated heterocycles. The van der Waals surface area contributed by atoms with Crippen LogP contribution >= 0.6 is 0 Å². The van der Waals surface area contributed by atoms with E-state index in [1.807, 2.05) is 0 Å². The number of fused-ring (bicyclic) bond motifs is 5. The van der Waals surface area contributed by atoms with Crippen molar-refractivity contribution in [3.63, 3.8) is 0 Å². The van der Waals surface area contributed by atoms with E-state index < -0.39 is 18.0 Å². The number of allylic oxidation sites excluding steroid dienone is 5. The second-order valence-electron chi connectivity index (χ2n) is 15.8. The first-order valence-corrected chi connectivity index (χ1v) is 16.5. The van der Waals surface area contributed by atoms with Crippen LogP contribution in [0.3, 0.4) is 0 Å². The molecule has 2 fully saturated rings. The summed E-state index contributed by atoms with van der Waals surface area (Å²) in [5.41, 5.74) is 2.99. The number of hydrogen-bond donors (Lipinski definition) is 3. The van der Waals surface area contributed by atoms with Gasteiger partial charge in [-0.15, -0.1) is 0 Å². The molecule has 0 bridgehead atoms. The Kier molecular flexibility index (Phi) is 8.27. The van der Waals surface area contributed by atoms with Gasteiger partial charge in [-0.1, -0.05) is 72.8 Å². The van der Waals surface area contributed by atoms with Gasteiger partial charge < -0.3 is 20.1 Å². The molecule has 0 radical (unpaired) electrons. The molecule has 3 N–H and O–H groups in total. The number of carboxylic acids is 1. The Morgan fingerprint density at radius 3 is 2.32 bits per heavy atom. The second kappa shape index (κ2) is 11.2. The summed E-state index contributed by atoms with van der Waals surface area (Å²) in [5.74, 6) is -1.50. The standard InChI is InChI=1S/C38H52O6/c1-22(2)23(3)9-14-26(33(41)42)32-29(40)21-38(8)28-15-16-30-35(4,5)31(44-34(43)24-10-12-25(39)13-11-24)18-19-36(30,6)27(28)17-20-37(32,38)7/h10-13,15,17,22,26,29-32,39-40H,3,9,14,16,18-21H2,1-2,4-8H3,(H,41,42)/t26?,29?,30?,31-,32?,36+,37+,38?/m0/s1. The first kappa shape index (κ1) is 32.5. The fraction of sp³-hybridized carbons (Fsp3) is 0.632. The lowest BCUT2D eigenvalue weighted by Gasteiger charge is -2.61. The molecule has 1 aromatic carbocycles. The summed E-state index contributed by atoms with van der Waals surface area (Å²) in [4.78, 5) is 25.8. The number of carbonyl (C=O) groups excluding carboxylic acids is 1. The average molecular weight is 605 g/mol. The molecule has 44 heavy (non-hydrogen) atoms. The van der Waals surface area contributed by atoms with Crippen molar-refractivity contribution in [3.05, 3.63) is 65.3 Å². The molecule has 0 spiro atoms. The van der Waals surface area contributed by atoms with Gasteiger partial charge in [0.1, 0.15) is 11.9 Å². The summed E-state index contributed by atoms with van der Waals surface area (Å²) in [7, 11) is 0. The fourth-order valence-corrected chi connectivity index (χ4v) is 9.90. The van der Waals surface area contributed by atoms with E-state index >= 15 is 0 Å². The van der Waals surface area contributed by atoms with E-state index in [4.69, 9.17) is 4.74 Å². The van der Waals surface area contributed by atoms with Crippen LogP contribution in [0, 0.1) is 45.3 Å². The van der Waals surface area contributed by atoms with E-state index in [9.17, 15) is 24.9 Å². The van der Waals surface area contributed by atoms with Crippen molar-refractivity contribution in [1.29, 1.82) is 0 Å². The molecule has 240 valence electrons. The number of carbonyl (C=O) groups is 2.